The lowest BCUT2D eigenvalue weighted by atomic mass is 9.75. The summed E-state index contributed by atoms with van der Waals surface area (Å²) < 4.78 is 90.4. The van der Waals surface area contributed by atoms with E-state index in [0.29, 0.717) is 58.8 Å². The first-order valence-electron chi connectivity index (χ1n) is 22.9. The molecule has 26 nitrogen and oxygen atoms in total. The van der Waals surface area contributed by atoms with Crippen LogP contribution >= 0.6 is 23.2 Å². The van der Waals surface area contributed by atoms with Crippen molar-refractivity contribution in [1.29, 1.82) is 0 Å². The molecule has 4 atom stereocenters. The van der Waals surface area contributed by atoms with Gasteiger partial charge in [-0.1, -0.05) is 23.2 Å². The van der Waals surface area contributed by atoms with Crippen molar-refractivity contribution in [2.75, 3.05) is 55.9 Å². The van der Waals surface area contributed by atoms with Crippen LogP contribution in [-0.4, -0.2) is 163 Å². The van der Waals surface area contributed by atoms with Gasteiger partial charge in [0.05, 0.1) is 49.0 Å². The van der Waals surface area contributed by atoms with Gasteiger partial charge in [-0.25, -0.2) is 36.8 Å². The van der Waals surface area contributed by atoms with E-state index in [9.17, 15) is 27.0 Å². The van der Waals surface area contributed by atoms with Crippen LogP contribution in [-0.2, 0) is 40.7 Å². The fourth-order valence-electron chi connectivity index (χ4n) is 8.68. The maximum Gasteiger partial charge on any atom is 0.245 e. The van der Waals surface area contributed by atoms with Crippen LogP contribution in [0.15, 0.2) is 37.4 Å². The maximum absolute atomic E-state index is 13.6. The van der Waals surface area contributed by atoms with Gasteiger partial charge in [0, 0.05) is 64.1 Å². The SMILES string of the molecule is COc1ncnc(OC)c1-n1c(CS(=O)(=O)[C@@H](C)[C@H](OC)c2ncc(Cl)cn2)nnc1C1CC(CO)C1.COc1ncnc(OC)c1-n1c(CS(=O)(=O)[C@@H](C)[C@H](OC)c2ncc(Cl)cn2)nnc1C1CC(CO)C1. The second-order valence-electron chi connectivity index (χ2n) is 17.4. The van der Waals surface area contributed by atoms with Crippen molar-refractivity contribution in [2.45, 2.75) is 85.6 Å². The van der Waals surface area contributed by atoms with Gasteiger partial charge in [-0.2, -0.15) is 19.9 Å². The second-order valence-corrected chi connectivity index (χ2v) is 23.0. The number of aliphatic hydroxyl groups is 2. The highest BCUT2D eigenvalue weighted by Gasteiger charge is 2.41. The van der Waals surface area contributed by atoms with Crippen molar-refractivity contribution in [3.63, 3.8) is 0 Å². The Kier molecular flexibility index (Phi) is 18.3. The van der Waals surface area contributed by atoms with E-state index in [-0.39, 0.29) is 83.7 Å². The van der Waals surface area contributed by atoms with Crippen molar-refractivity contribution in [3.05, 3.63) is 82.4 Å². The molecule has 0 saturated heterocycles. The van der Waals surface area contributed by atoms with E-state index in [0.717, 1.165) is 0 Å². The largest absolute Gasteiger partial charge is 0.479 e. The number of methoxy groups -OCH3 is 6. The molecule has 6 aromatic heterocycles. The summed E-state index contributed by atoms with van der Waals surface area (Å²) >= 11 is 11.8. The summed E-state index contributed by atoms with van der Waals surface area (Å²) in [6.07, 6.45) is 8.90. The van der Waals surface area contributed by atoms with Gasteiger partial charge in [0.15, 0.2) is 54.3 Å². The molecule has 400 valence electrons. The molecule has 74 heavy (non-hydrogen) atoms. The molecule has 2 saturated carbocycles. The molecule has 0 radical (unpaired) electrons. The van der Waals surface area contributed by atoms with E-state index < -0.39 is 53.9 Å². The molecular weight excluding hydrogens is 1050 g/mol. The molecule has 0 unspecified atom stereocenters. The van der Waals surface area contributed by atoms with E-state index in [4.69, 9.17) is 51.6 Å². The summed E-state index contributed by atoms with van der Waals surface area (Å²) in [5.41, 5.74) is 0.587. The zero-order chi connectivity index (χ0) is 53.5. The van der Waals surface area contributed by atoms with Crippen molar-refractivity contribution >= 4 is 42.9 Å². The van der Waals surface area contributed by atoms with Gasteiger partial charge in [-0.15, -0.1) is 20.4 Å². The van der Waals surface area contributed by atoms with Gasteiger partial charge in [0.2, 0.25) is 23.5 Å². The third kappa shape index (κ3) is 11.8. The molecule has 0 amide bonds. The third-order valence-electron chi connectivity index (χ3n) is 12.9. The standard InChI is InChI=1S/2C22H28ClN7O6S/c2*1-12(18(34-2)19-24-7-15(23)8-25-19)37(32,33)10-16-28-29-20(14-5-13(6-14)9-31)30(16)17-21(35-3)26-11-27-22(17)36-4/h2*7-8,11-14,18,31H,5-6,9-10H2,1-4H3/t2*12-,13?,14?,18-/m00/s1. The van der Waals surface area contributed by atoms with Gasteiger partial charge < -0.3 is 38.6 Å². The quantitative estimate of drug-likeness (QED) is 0.0984. The number of rotatable bonds is 22. The zero-order valence-corrected chi connectivity index (χ0v) is 44.7. The number of hydrogen-bond donors (Lipinski definition) is 2. The van der Waals surface area contributed by atoms with Gasteiger partial charge in [-0.05, 0) is 51.4 Å². The lowest BCUT2D eigenvalue weighted by Crippen LogP contribution is -2.30. The predicted octanol–water partition coefficient (Wildman–Crippen LogP) is 3.39. The molecule has 30 heteroatoms. The number of hydrogen-bond acceptors (Lipinski definition) is 24. The summed E-state index contributed by atoms with van der Waals surface area (Å²) in [4.78, 5) is 33.2. The van der Waals surface area contributed by atoms with E-state index in [1.165, 1.54) is 93.9 Å². The zero-order valence-electron chi connectivity index (χ0n) is 41.6. The van der Waals surface area contributed by atoms with Crippen LogP contribution < -0.4 is 18.9 Å². The minimum atomic E-state index is -3.89. The van der Waals surface area contributed by atoms with E-state index in [1.807, 2.05) is 0 Å². The average molecular weight is 1110 g/mol. The van der Waals surface area contributed by atoms with Crippen LogP contribution in [0.3, 0.4) is 0 Å². The minimum Gasteiger partial charge on any atom is -0.479 e. The predicted molar refractivity (Wildman–Crippen MR) is 263 cm³/mol. The molecule has 0 spiro atoms. The summed E-state index contributed by atoms with van der Waals surface area (Å²) in [5.74, 6) is 1.55. The number of aromatic nitrogens is 14. The normalized spacial score (nSPS) is 19.2. The maximum atomic E-state index is 13.6. The summed E-state index contributed by atoms with van der Waals surface area (Å²) in [7, 11) is 0.748. The third-order valence-corrected chi connectivity index (χ3v) is 17.4. The molecule has 0 aromatic carbocycles. The molecule has 0 bridgehead atoms. The highest BCUT2D eigenvalue weighted by molar-refractivity contribution is 7.91. The van der Waals surface area contributed by atoms with Crippen LogP contribution in [0.5, 0.6) is 23.5 Å². The van der Waals surface area contributed by atoms with Gasteiger partial charge in [0.1, 0.15) is 48.0 Å². The van der Waals surface area contributed by atoms with E-state index in [2.05, 4.69) is 60.3 Å². The first-order valence-corrected chi connectivity index (χ1v) is 27.1. The highest BCUT2D eigenvalue weighted by atomic mass is 35.5. The Balaban J connectivity index is 0.000000216. The Bertz CT molecular complexity index is 2820. The summed E-state index contributed by atoms with van der Waals surface area (Å²) in [6, 6.07) is 0. The fourth-order valence-corrected chi connectivity index (χ4v) is 11.7. The molecular formula is C44H56Cl2N14O12S2. The summed E-state index contributed by atoms with van der Waals surface area (Å²) in [5, 5.41) is 34.7. The van der Waals surface area contributed by atoms with Crippen molar-refractivity contribution in [3.8, 4) is 34.9 Å². The number of nitrogens with zero attached hydrogens (tertiary/aromatic N) is 14. The molecule has 2 N–H and O–H groups in total. The molecule has 0 aliphatic heterocycles. The van der Waals surface area contributed by atoms with Crippen LogP contribution in [0.4, 0.5) is 0 Å². The molecule has 6 heterocycles. The highest BCUT2D eigenvalue weighted by Crippen LogP contribution is 2.45. The topological polar surface area (TPSA) is 329 Å². The number of halogens is 2. The Morgan fingerprint density at radius 1 is 0.541 bits per heavy atom. The van der Waals surface area contributed by atoms with Crippen LogP contribution in [0.2, 0.25) is 10.0 Å². The smallest absolute Gasteiger partial charge is 0.245 e. The molecule has 2 fully saturated rings. The fraction of sp³-hybridized carbons (Fsp3) is 0.545. The van der Waals surface area contributed by atoms with Gasteiger partial charge in [-0.3, -0.25) is 9.13 Å². The monoisotopic (exact) mass is 1110 g/mol. The summed E-state index contributed by atoms with van der Waals surface area (Å²) in [6.45, 7) is 3.17. The number of aliphatic hydroxyl groups excluding tert-OH is 2. The van der Waals surface area contributed by atoms with Crippen LogP contribution in [0.25, 0.3) is 11.4 Å². The Labute approximate surface area is 436 Å². The Hall–Kier alpha value is -5.88. The number of sulfone groups is 2. The first kappa shape index (κ1) is 55.9. The Morgan fingerprint density at radius 2 is 0.851 bits per heavy atom. The molecule has 2 aliphatic carbocycles. The second kappa shape index (κ2) is 24.2. The van der Waals surface area contributed by atoms with Crippen LogP contribution in [0.1, 0.15) is 98.5 Å². The first-order chi connectivity index (χ1) is 35.5. The van der Waals surface area contributed by atoms with Gasteiger partial charge in [0.25, 0.3) is 0 Å². The van der Waals surface area contributed by atoms with Crippen LogP contribution in [0, 0.1) is 11.8 Å². The lowest BCUT2D eigenvalue weighted by molar-refractivity contribution is 0.0947. The van der Waals surface area contributed by atoms with E-state index in [1.54, 1.807) is 9.13 Å². The van der Waals surface area contributed by atoms with Crippen molar-refractivity contribution in [2.24, 2.45) is 11.8 Å². The van der Waals surface area contributed by atoms with E-state index >= 15 is 0 Å². The Morgan fingerprint density at radius 3 is 1.12 bits per heavy atom. The number of ether oxygens (including phenoxy) is 6. The minimum absolute atomic E-state index is 0.0534. The lowest BCUT2D eigenvalue weighted by Gasteiger charge is -2.33. The molecule has 6 aromatic rings. The van der Waals surface area contributed by atoms with Gasteiger partial charge >= 0.3 is 0 Å². The van der Waals surface area contributed by atoms with Crippen molar-refractivity contribution in [1.82, 2.24) is 69.4 Å². The average Bonchev–Trinajstić information content (AvgIpc) is 3.96. The van der Waals surface area contributed by atoms with Crippen molar-refractivity contribution < 1.29 is 55.5 Å². The molecule has 2 aliphatic rings. The molecule has 8 rings (SSSR count).